The van der Waals surface area contributed by atoms with Crippen molar-refractivity contribution in [2.75, 3.05) is 31.1 Å². The number of hydrogen-bond donors (Lipinski definition) is 0. The van der Waals surface area contributed by atoms with Crippen molar-refractivity contribution in [3.05, 3.63) is 59.0 Å². The molecule has 4 heterocycles. The fraction of sp³-hybridized carbons (Fsp3) is 0.333. The number of nitrogens with zero attached hydrogens (tertiary/aromatic N) is 8. The lowest BCUT2D eigenvalue weighted by molar-refractivity contribution is -0.132. The lowest BCUT2D eigenvalue weighted by Crippen LogP contribution is -2.50. The number of piperazine rings is 1. The van der Waals surface area contributed by atoms with Crippen molar-refractivity contribution in [2.24, 2.45) is 0 Å². The fourth-order valence-electron chi connectivity index (χ4n) is 3.10. The summed E-state index contributed by atoms with van der Waals surface area (Å²) in [4.78, 5) is 32.2. The Morgan fingerprint density at radius 3 is 2.46 bits per heavy atom. The maximum atomic E-state index is 12.5. The molecule has 28 heavy (non-hydrogen) atoms. The van der Waals surface area contributed by atoms with Gasteiger partial charge in [-0.1, -0.05) is 0 Å². The average Bonchev–Trinajstić information content (AvgIpc) is 3.26. The Morgan fingerprint density at radius 1 is 1.04 bits per heavy atom. The first kappa shape index (κ1) is 17.8. The van der Waals surface area contributed by atoms with Crippen LogP contribution in [-0.2, 0) is 11.3 Å². The standard InChI is InChI=1S/C18H20N8O2/c1-14-2-5-17(27)26(22-14)12-18(28)24-10-8-23(9-11-24)15-3-4-16(21-20-15)25-7-6-19-13-25/h2-7,13H,8-12H2,1H3. The summed E-state index contributed by atoms with van der Waals surface area (Å²) in [6.07, 6.45) is 5.16. The van der Waals surface area contributed by atoms with Gasteiger partial charge in [0.15, 0.2) is 11.6 Å². The minimum Gasteiger partial charge on any atom is -0.352 e. The zero-order chi connectivity index (χ0) is 19.5. The van der Waals surface area contributed by atoms with Gasteiger partial charge in [0.05, 0.1) is 5.69 Å². The molecule has 0 aromatic carbocycles. The lowest BCUT2D eigenvalue weighted by Gasteiger charge is -2.35. The topological polar surface area (TPSA) is 102 Å². The number of carbonyl (C=O) groups excluding carboxylic acids is 1. The van der Waals surface area contributed by atoms with Gasteiger partial charge in [0.1, 0.15) is 12.9 Å². The van der Waals surface area contributed by atoms with E-state index in [1.165, 1.54) is 10.7 Å². The first-order chi connectivity index (χ1) is 13.6. The van der Waals surface area contributed by atoms with Crippen molar-refractivity contribution >= 4 is 11.7 Å². The fourth-order valence-corrected chi connectivity index (χ4v) is 3.10. The molecule has 144 valence electrons. The van der Waals surface area contributed by atoms with Crippen molar-refractivity contribution in [1.29, 1.82) is 0 Å². The van der Waals surface area contributed by atoms with E-state index in [1.807, 2.05) is 18.3 Å². The third-order valence-electron chi connectivity index (χ3n) is 4.65. The molecule has 0 bridgehead atoms. The van der Waals surface area contributed by atoms with Crippen LogP contribution in [0.3, 0.4) is 0 Å². The van der Waals surface area contributed by atoms with Crippen LogP contribution in [0.15, 0.2) is 47.8 Å². The number of anilines is 1. The summed E-state index contributed by atoms with van der Waals surface area (Å²) in [7, 11) is 0. The SMILES string of the molecule is Cc1ccc(=O)n(CC(=O)N2CCN(c3ccc(-n4ccnc4)nn3)CC2)n1. The third kappa shape index (κ3) is 3.75. The Labute approximate surface area is 161 Å². The van der Waals surface area contributed by atoms with E-state index in [0.29, 0.717) is 37.7 Å². The molecule has 1 aliphatic rings. The van der Waals surface area contributed by atoms with Gasteiger partial charge < -0.3 is 9.80 Å². The molecule has 1 aliphatic heterocycles. The number of aryl methyl sites for hydroxylation is 1. The molecule has 1 saturated heterocycles. The highest BCUT2D eigenvalue weighted by Gasteiger charge is 2.22. The van der Waals surface area contributed by atoms with Gasteiger partial charge >= 0.3 is 0 Å². The van der Waals surface area contributed by atoms with Crippen molar-refractivity contribution in [3.63, 3.8) is 0 Å². The minimum atomic E-state index is -0.272. The molecule has 0 aliphatic carbocycles. The zero-order valence-corrected chi connectivity index (χ0v) is 15.5. The van der Waals surface area contributed by atoms with Gasteiger partial charge in [0, 0.05) is 44.6 Å². The van der Waals surface area contributed by atoms with Gasteiger partial charge in [-0.05, 0) is 25.1 Å². The molecule has 4 rings (SSSR count). The maximum absolute atomic E-state index is 12.5. The van der Waals surface area contributed by atoms with Crippen molar-refractivity contribution in [1.82, 2.24) is 34.4 Å². The predicted octanol–water partition coefficient (Wildman–Crippen LogP) is -0.124. The quantitative estimate of drug-likeness (QED) is 0.622. The van der Waals surface area contributed by atoms with E-state index in [-0.39, 0.29) is 18.0 Å². The summed E-state index contributed by atoms with van der Waals surface area (Å²) in [6, 6.07) is 6.87. The Bertz CT molecular complexity index is 1000. The van der Waals surface area contributed by atoms with E-state index in [0.717, 1.165) is 5.82 Å². The van der Waals surface area contributed by atoms with E-state index in [4.69, 9.17) is 0 Å². The third-order valence-corrected chi connectivity index (χ3v) is 4.65. The van der Waals surface area contributed by atoms with E-state index in [9.17, 15) is 9.59 Å². The van der Waals surface area contributed by atoms with Crippen LogP contribution in [-0.4, -0.2) is 66.5 Å². The molecule has 10 heteroatoms. The highest BCUT2D eigenvalue weighted by molar-refractivity contribution is 5.76. The molecule has 0 spiro atoms. The molecule has 1 amide bonds. The number of rotatable bonds is 4. The largest absolute Gasteiger partial charge is 0.352 e. The van der Waals surface area contributed by atoms with Crippen molar-refractivity contribution in [2.45, 2.75) is 13.5 Å². The van der Waals surface area contributed by atoms with Crippen LogP contribution in [0.1, 0.15) is 5.69 Å². The molecule has 3 aromatic rings. The summed E-state index contributed by atoms with van der Waals surface area (Å²) in [6.45, 7) is 4.18. The van der Waals surface area contributed by atoms with E-state index < -0.39 is 0 Å². The molecule has 0 N–H and O–H groups in total. The van der Waals surface area contributed by atoms with Crippen LogP contribution in [0.2, 0.25) is 0 Å². The first-order valence-electron chi connectivity index (χ1n) is 9.00. The van der Waals surface area contributed by atoms with Gasteiger partial charge in [0.25, 0.3) is 5.56 Å². The number of aromatic nitrogens is 6. The smallest absolute Gasteiger partial charge is 0.267 e. The zero-order valence-electron chi connectivity index (χ0n) is 15.5. The van der Waals surface area contributed by atoms with Crippen LogP contribution >= 0.6 is 0 Å². The summed E-state index contributed by atoms with van der Waals surface area (Å²) in [5.74, 6) is 1.36. The molecular weight excluding hydrogens is 360 g/mol. The molecule has 1 fully saturated rings. The van der Waals surface area contributed by atoms with Crippen LogP contribution < -0.4 is 10.5 Å². The highest BCUT2D eigenvalue weighted by atomic mass is 16.2. The maximum Gasteiger partial charge on any atom is 0.267 e. The van der Waals surface area contributed by atoms with Gasteiger partial charge in [-0.25, -0.2) is 9.67 Å². The van der Waals surface area contributed by atoms with Gasteiger partial charge in [0.2, 0.25) is 5.91 Å². The van der Waals surface area contributed by atoms with Crippen LogP contribution in [0, 0.1) is 6.92 Å². The lowest BCUT2D eigenvalue weighted by atomic mass is 10.3. The number of imidazole rings is 1. The van der Waals surface area contributed by atoms with Gasteiger partial charge in [-0.2, -0.15) is 5.10 Å². The highest BCUT2D eigenvalue weighted by Crippen LogP contribution is 2.14. The Morgan fingerprint density at radius 2 is 1.79 bits per heavy atom. The second-order valence-electron chi connectivity index (χ2n) is 6.56. The van der Waals surface area contributed by atoms with Crippen LogP contribution in [0.25, 0.3) is 5.82 Å². The summed E-state index contributed by atoms with van der Waals surface area (Å²) in [5, 5.41) is 12.6. The Hall–Kier alpha value is -3.56. The molecule has 0 radical (unpaired) electrons. The molecule has 3 aromatic heterocycles. The second kappa shape index (κ2) is 7.59. The van der Waals surface area contributed by atoms with E-state index in [2.05, 4.69) is 25.2 Å². The van der Waals surface area contributed by atoms with Crippen LogP contribution in [0.4, 0.5) is 5.82 Å². The van der Waals surface area contributed by atoms with Crippen molar-refractivity contribution in [3.8, 4) is 5.82 Å². The predicted molar refractivity (Wildman–Crippen MR) is 101 cm³/mol. The number of hydrogen-bond acceptors (Lipinski definition) is 7. The Balaban J connectivity index is 1.36. The van der Waals surface area contributed by atoms with Gasteiger partial charge in [-0.3, -0.25) is 14.2 Å². The molecule has 0 saturated carbocycles. The molecule has 0 unspecified atom stereocenters. The Kier molecular flexibility index (Phi) is 4.83. The summed E-state index contributed by atoms with van der Waals surface area (Å²) >= 11 is 0. The summed E-state index contributed by atoms with van der Waals surface area (Å²) < 4.78 is 3.00. The normalized spacial score (nSPS) is 14.3. The summed E-state index contributed by atoms with van der Waals surface area (Å²) in [5.41, 5.74) is 0.431. The monoisotopic (exact) mass is 380 g/mol. The second-order valence-corrected chi connectivity index (χ2v) is 6.56. The average molecular weight is 380 g/mol. The molecule has 10 nitrogen and oxygen atoms in total. The van der Waals surface area contributed by atoms with Gasteiger partial charge in [-0.15, -0.1) is 10.2 Å². The number of carbonyl (C=O) groups is 1. The minimum absolute atomic E-state index is 0.0417. The molecular formula is C18H20N8O2. The first-order valence-corrected chi connectivity index (χ1v) is 9.00. The van der Waals surface area contributed by atoms with Crippen LogP contribution in [0.5, 0.6) is 0 Å². The van der Waals surface area contributed by atoms with E-state index in [1.54, 1.807) is 35.0 Å². The van der Waals surface area contributed by atoms with Crippen molar-refractivity contribution < 1.29 is 4.79 Å². The number of amides is 1. The molecule has 0 atom stereocenters. The van der Waals surface area contributed by atoms with E-state index >= 15 is 0 Å².